The van der Waals surface area contributed by atoms with Crippen molar-refractivity contribution in [3.8, 4) is 0 Å². The van der Waals surface area contributed by atoms with E-state index in [4.69, 9.17) is 4.98 Å². The number of hydrogen-bond acceptors (Lipinski definition) is 5. The van der Waals surface area contributed by atoms with Crippen LogP contribution in [-0.2, 0) is 9.59 Å². The number of carbonyl (C=O) groups is 2. The molecule has 0 aliphatic carbocycles. The van der Waals surface area contributed by atoms with E-state index in [0.29, 0.717) is 30.3 Å². The van der Waals surface area contributed by atoms with Crippen molar-refractivity contribution in [3.05, 3.63) is 41.7 Å². The van der Waals surface area contributed by atoms with E-state index in [0.717, 1.165) is 42.8 Å². The van der Waals surface area contributed by atoms with E-state index in [2.05, 4.69) is 15.3 Å². The molecule has 3 heterocycles. The summed E-state index contributed by atoms with van der Waals surface area (Å²) in [5, 5.41) is 5.16. The molecule has 1 aliphatic heterocycles. The number of likely N-dealkylation sites (tertiary alicyclic amines) is 1. The predicted molar refractivity (Wildman–Crippen MR) is 109 cm³/mol. The molecule has 8 heteroatoms. The molecule has 4 rings (SSSR count). The van der Waals surface area contributed by atoms with Crippen LogP contribution in [0.2, 0.25) is 0 Å². The van der Waals surface area contributed by atoms with E-state index >= 15 is 0 Å². The number of aromatic amines is 1. The van der Waals surface area contributed by atoms with Gasteiger partial charge in [-0.15, -0.1) is 11.3 Å². The Morgan fingerprint density at radius 2 is 2.04 bits per heavy atom. The Bertz CT molecular complexity index is 912. The number of H-pyrrole nitrogens is 1. The number of para-hydroxylation sites is 2. The molecular weight excluding hydrogens is 374 g/mol. The number of thiazole rings is 1. The van der Waals surface area contributed by atoms with Gasteiger partial charge in [-0.2, -0.15) is 0 Å². The Morgan fingerprint density at radius 1 is 1.21 bits per heavy atom. The first-order valence-electron chi connectivity index (χ1n) is 9.61. The lowest BCUT2D eigenvalue weighted by Gasteiger charge is -2.31. The highest BCUT2D eigenvalue weighted by atomic mass is 32.1. The standard InChI is InChI=1S/C20H23N5O2S/c26-17(24-20-21-10-13-28-20)6-3-7-18(27)25-11-8-14(9-12-25)19-22-15-4-1-2-5-16(15)23-19/h1-2,4-5,10,13-14H,3,6-9,11-12H2,(H,22,23)(H,21,24,26). The average Bonchev–Trinajstić information content (AvgIpc) is 3.37. The highest BCUT2D eigenvalue weighted by molar-refractivity contribution is 7.13. The number of carbonyl (C=O) groups excluding carboxylic acids is 2. The first-order chi connectivity index (χ1) is 13.7. The molecular formula is C20H23N5O2S. The van der Waals surface area contributed by atoms with Crippen molar-refractivity contribution in [2.75, 3.05) is 18.4 Å². The molecule has 7 nitrogen and oxygen atoms in total. The highest BCUT2D eigenvalue weighted by Crippen LogP contribution is 2.28. The van der Waals surface area contributed by atoms with E-state index in [1.54, 1.807) is 6.20 Å². The van der Waals surface area contributed by atoms with Crippen molar-refractivity contribution in [2.24, 2.45) is 0 Å². The van der Waals surface area contributed by atoms with Crippen LogP contribution < -0.4 is 5.32 Å². The maximum atomic E-state index is 12.4. The van der Waals surface area contributed by atoms with Gasteiger partial charge in [-0.1, -0.05) is 12.1 Å². The number of imidazole rings is 1. The number of fused-ring (bicyclic) bond motifs is 1. The van der Waals surface area contributed by atoms with Crippen LogP contribution in [0.5, 0.6) is 0 Å². The largest absolute Gasteiger partial charge is 0.343 e. The quantitative estimate of drug-likeness (QED) is 0.666. The molecule has 0 bridgehead atoms. The molecule has 2 aromatic heterocycles. The second-order valence-electron chi connectivity index (χ2n) is 7.03. The lowest BCUT2D eigenvalue weighted by atomic mass is 9.96. The Hall–Kier alpha value is -2.74. The number of anilines is 1. The minimum absolute atomic E-state index is 0.0913. The van der Waals surface area contributed by atoms with Gasteiger partial charge in [0.2, 0.25) is 11.8 Å². The average molecular weight is 398 g/mol. The molecule has 1 saturated heterocycles. The Kier molecular flexibility index (Phi) is 5.66. The zero-order valence-electron chi connectivity index (χ0n) is 15.6. The third-order valence-electron chi connectivity index (χ3n) is 5.12. The molecule has 3 aromatic rings. The van der Waals surface area contributed by atoms with Gasteiger partial charge in [0.25, 0.3) is 0 Å². The van der Waals surface area contributed by atoms with Crippen molar-refractivity contribution in [2.45, 2.75) is 38.0 Å². The molecule has 0 radical (unpaired) electrons. The van der Waals surface area contributed by atoms with Crippen molar-refractivity contribution in [1.29, 1.82) is 0 Å². The predicted octanol–water partition coefficient (Wildman–Crippen LogP) is 3.53. The fourth-order valence-corrected chi connectivity index (χ4v) is 4.14. The van der Waals surface area contributed by atoms with Crippen molar-refractivity contribution < 1.29 is 9.59 Å². The normalized spacial score (nSPS) is 15.1. The third-order valence-corrected chi connectivity index (χ3v) is 5.80. The van der Waals surface area contributed by atoms with E-state index in [9.17, 15) is 9.59 Å². The Morgan fingerprint density at radius 3 is 2.79 bits per heavy atom. The summed E-state index contributed by atoms with van der Waals surface area (Å²) in [6, 6.07) is 8.04. The number of rotatable bonds is 6. The summed E-state index contributed by atoms with van der Waals surface area (Å²) in [7, 11) is 0. The SMILES string of the molecule is O=C(CCCC(=O)N1CCC(c2nc3ccccc3[nH]2)CC1)Nc1nccs1. The van der Waals surface area contributed by atoms with Gasteiger partial charge >= 0.3 is 0 Å². The van der Waals surface area contributed by atoms with Crippen LogP contribution in [0.1, 0.15) is 43.8 Å². The fourth-order valence-electron chi connectivity index (χ4n) is 3.59. The fraction of sp³-hybridized carbons (Fsp3) is 0.400. The summed E-state index contributed by atoms with van der Waals surface area (Å²) < 4.78 is 0. The number of hydrogen-bond donors (Lipinski definition) is 2. The van der Waals surface area contributed by atoms with Crippen LogP contribution in [0.4, 0.5) is 5.13 Å². The third kappa shape index (κ3) is 4.39. The van der Waals surface area contributed by atoms with Gasteiger partial charge in [0.1, 0.15) is 5.82 Å². The first kappa shape index (κ1) is 18.6. The van der Waals surface area contributed by atoms with Crippen molar-refractivity contribution in [3.63, 3.8) is 0 Å². The van der Waals surface area contributed by atoms with Crippen LogP contribution >= 0.6 is 11.3 Å². The van der Waals surface area contributed by atoms with E-state index in [1.165, 1.54) is 11.3 Å². The molecule has 0 saturated carbocycles. The van der Waals surface area contributed by atoms with Gasteiger partial charge in [-0.05, 0) is 31.4 Å². The molecule has 1 fully saturated rings. The van der Waals surface area contributed by atoms with Crippen LogP contribution in [-0.4, -0.2) is 44.8 Å². The minimum atomic E-state index is -0.0913. The van der Waals surface area contributed by atoms with Gasteiger partial charge < -0.3 is 15.2 Å². The van der Waals surface area contributed by atoms with Gasteiger partial charge in [-0.3, -0.25) is 9.59 Å². The van der Waals surface area contributed by atoms with Gasteiger partial charge in [0, 0.05) is 43.4 Å². The molecule has 1 aliphatic rings. The Balaban J connectivity index is 1.21. The topological polar surface area (TPSA) is 91.0 Å². The summed E-state index contributed by atoms with van der Waals surface area (Å²) in [6.07, 6.45) is 4.77. The summed E-state index contributed by atoms with van der Waals surface area (Å²) in [5.41, 5.74) is 2.05. The number of nitrogens with zero attached hydrogens (tertiary/aromatic N) is 3. The van der Waals surface area contributed by atoms with Crippen LogP contribution in [0.25, 0.3) is 11.0 Å². The molecule has 0 unspecified atom stereocenters. The lowest BCUT2D eigenvalue weighted by Crippen LogP contribution is -2.38. The molecule has 1 aromatic carbocycles. The van der Waals surface area contributed by atoms with Crippen LogP contribution in [0, 0.1) is 0 Å². The maximum Gasteiger partial charge on any atom is 0.226 e. The summed E-state index contributed by atoms with van der Waals surface area (Å²) in [4.78, 5) is 38.3. The smallest absolute Gasteiger partial charge is 0.226 e. The molecule has 2 N–H and O–H groups in total. The van der Waals surface area contributed by atoms with Crippen LogP contribution in [0.3, 0.4) is 0 Å². The van der Waals surface area contributed by atoms with Crippen molar-refractivity contribution >= 4 is 39.3 Å². The number of nitrogens with one attached hydrogen (secondary N) is 2. The van der Waals surface area contributed by atoms with E-state index < -0.39 is 0 Å². The Labute approximate surface area is 167 Å². The van der Waals surface area contributed by atoms with Gasteiger partial charge in [0.05, 0.1) is 11.0 Å². The monoisotopic (exact) mass is 397 g/mol. The molecule has 146 valence electrons. The summed E-state index contributed by atoms with van der Waals surface area (Å²) >= 11 is 1.39. The number of piperidine rings is 1. The lowest BCUT2D eigenvalue weighted by molar-refractivity contribution is -0.132. The highest BCUT2D eigenvalue weighted by Gasteiger charge is 2.25. The van der Waals surface area contributed by atoms with Gasteiger partial charge in [0.15, 0.2) is 5.13 Å². The van der Waals surface area contributed by atoms with E-state index in [-0.39, 0.29) is 11.8 Å². The zero-order valence-corrected chi connectivity index (χ0v) is 16.4. The summed E-state index contributed by atoms with van der Waals surface area (Å²) in [5.74, 6) is 1.42. The number of benzene rings is 1. The number of aromatic nitrogens is 3. The number of amides is 2. The van der Waals surface area contributed by atoms with Gasteiger partial charge in [-0.25, -0.2) is 9.97 Å². The second-order valence-corrected chi connectivity index (χ2v) is 7.93. The first-order valence-corrected chi connectivity index (χ1v) is 10.5. The maximum absolute atomic E-state index is 12.4. The molecule has 28 heavy (non-hydrogen) atoms. The molecule has 2 amide bonds. The zero-order chi connectivity index (χ0) is 19.3. The van der Waals surface area contributed by atoms with Crippen molar-refractivity contribution in [1.82, 2.24) is 19.9 Å². The molecule has 0 spiro atoms. The molecule has 0 atom stereocenters. The second kappa shape index (κ2) is 8.52. The van der Waals surface area contributed by atoms with E-state index in [1.807, 2.05) is 34.5 Å². The minimum Gasteiger partial charge on any atom is -0.343 e. The van der Waals surface area contributed by atoms with Crippen LogP contribution in [0.15, 0.2) is 35.8 Å². The summed E-state index contributed by atoms with van der Waals surface area (Å²) in [6.45, 7) is 1.48.